The van der Waals surface area contributed by atoms with Gasteiger partial charge >= 0.3 is 0 Å². The summed E-state index contributed by atoms with van der Waals surface area (Å²) in [5.74, 6) is -0.859. The molecule has 4 rings (SSSR count). The van der Waals surface area contributed by atoms with Gasteiger partial charge in [-0.2, -0.15) is 4.52 Å². The molecule has 0 spiro atoms. The molecule has 8 nitrogen and oxygen atoms in total. The van der Waals surface area contributed by atoms with E-state index in [4.69, 9.17) is 0 Å². The quantitative estimate of drug-likeness (QED) is 0.672. The van der Waals surface area contributed by atoms with Crippen molar-refractivity contribution in [3.8, 4) is 5.88 Å². The first-order valence-corrected chi connectivity index (χ1v) is 8.39. The van der Waals surface area contributed by atoms with Crippen LogP contribution in [0.25, 0.3) is 16.7 Å². The van der Waals surface area contributed by atoms with E-state index in [-0.39, 0.29) is 22.9 Å². The van der Waals surface area contributed by atoms with Gasteiger partial charge in [-0.3, -0.25) is 14.2 Å². The van der Waals surface area contributed by atoms with E-state index in [1.165, 1.54) is 4.52 Å². The molecule has 1 aliphatic carbocycles. The summed E-state index contributed by atoms with van der Waals surface area (Å²) >= 11 is 0. The standard InChI is InChI=1S/C17H21N5O3/c1-17(2,3)8-21-14-10-6-7-18-12(10)20-22(14)16(25)11(15(21)24)13(23)19-9-4-5-9/h6-7,9,24H,4-5,8H2,1-3H3,(H,18,20)(H,19,23). The lowest BCUT2D eigenvalue weighted by molar-refractivity contribution is 0.0944. The summed E-state index contributed by atoms with van der Waals surface area (Å²) in [6, 6.07) is 1.89. The molecule has 8 heteroatoms. The summed E-state index contributed by atoms with van der Waals surface area (Å²) < 4.78 is 2.81. The van der Waals surface area contributed by atoms with E-state index in [0.29, 0.717) is 17.8 Å². The highest BCUT2D eigenvalue weighted by atomic mass is 16.3. The van der Waals surface area contributed by atoms with Gasteiger partial charge in [-0.05, 0) is 24.3 Å². The minimum atomic E-state index is -0.611. The lowest BCUT2D eigenvalue weighted by Gasteiger charge is -2.23. The van der Waals surface area contributed by atoms with E-state index >= 15 is 0 Å². The van der Waals surface area contributed by atoms with Gasteiger partial charge in [0.1, 0.15) is 0 Å². The summed E-state index contributed by atoms with van der Waals surface area (Å²) in [6.45, 7) is 6.50. The Balaban J connectivity index is 2.02. The normalized spacial score (nSPS) is 15.2. The minimum Gasteiger partial charge on any atom is -0.494 e. The molecular weight excluding hydrogens is 322 g/mol. The number of amides is 1. The molecule has 1 saturated carbocycles. The number of aromatic nitrogens is 4. The highest BCUT2D eigenvalue weighted by Crippen LogP contribution is 2.28. The summed E-state index contributed by atoms with van der Waals surface area (Å²) in [6.07, 6.45) is 3.53. The first-order chi connectivity index (χ1) is 11.8. The maximum absolute atomic E-state index is 12.8. The van der Waals surface area contributed by atoms with Crippen molar-refractivity contribution in [2.75, 3.05) is 0 Å². The second-order valence-electron chi connectivity index (χ2n) is 7.87. The summed E-state index contributed by atoms with van der Waals surface area (Å²) in [5.41, 5.74) is -0.0192. The fourth-order valence-corrected chi connectivity index (χ4v) is 3.03. The maximum atomic E-state index is 12.8. The fraction of sp³-hybridized carbons (Fsp3) is 0.471. The molecule has 0 unspecified atom stereocenters. The molecule has 132 valence electrons. The van der Waals surface area contributed by atoms with Gasteiger partial charge in [-0.15, -0.1) is 5.10 Å². The summed E-state index contributed by atoms with van der Waals surface area (Å²) in [7, 11) is 0. The van der Waals surface area contributed by atoms with Crippen LogP contribution in [0.3, 0.4) is 0 Å². The maximum Gasteiger partial charge on any atom is 0.291 e. The lowest BCUT2D eigenvalue weighted by Crippen LogP contribution is -2.35. The Kier molecular flexibility index (Phi) is 3.22. The van der Waals surface area contributed by atoms with Crippen molar-refractivity contribution in [3.05, 3.63) is 28.2 Å². The summed E-state index contributed by atoms with van der Waals surface area (Å²) in [4.78, 5) is 28.3. The van der Waals surface area contributed by atoms with Crippen LogP contribution in [0.15, 0.2) is 17.1 Å². The number of nitrogens with zero attached hydrogens (tertiary/aromatic N) is 3. The number of rotatable bonds is 3. The van der Waals surface area contributed by atoms with Crippen LogP contribution in [0.4, 0.5) is 0 Å². The number of H-pyrrole nitrogens is 1. The SMILES string of the molecule is CC(C)(C)Cn1c(O)c(C(=O)NC2CC2)c(=O)n2nc3[nH]ccc3c12. The Morgan fingerprint density at radius 3 is 2.80 bits per heavy atom. The number of carbonyl (C=O) groups excluding carboxylic acids is 1. The average Bonchev–Trinajstić information content (AvgIpc) is 3.06. The van der Waals surface area contributed by atoms with Crippen LogP contribution in [0.2, 0.25) is 0 Å². The van der Waals surface area contributed by atoms with E-state index in [2.05, 4.69) is 15.4 Å². The third-order valence-corrected chi connectivity index (χ3v) is 4.28. The molecule has 1 amide bonds. The predicted molar refractivity (Wildman–Crippen MR) is 92.9 cm³/mol. The largest absolute Gasteiger partial charge is 0.494 e. The molecule has 0 bridgehead atoms. The number of nitrogens with one attached hydrogen (secondary N) is 2. The second kappa shape index (κ2) is 5.11. The van der Waals surface area contributed by atoms with Gasteiger partial charge in [-0.25, -0.2) is 0 Å². The van der Waals surface area contributed by atoms with Crippen molar-refractivity contribution in [1.29, 1.82) is 0 Å². The van der Waals surface area contributed by atoms with Gasteiger partial charge in [0.15, 0.2) is 16.9 Å². The first kappa shape index (κ1) is 15.7. The monoisotopic (exact) mass is 343 g/mol. The zero-order valence-electron chi connectivity index (χ0n) is 14.5. The third kappa shape index (κ3) is 2.57. The van der Waals surface area contributed by atoms with Crippen molar-refractivity contribution in [2.45, 2.75) is 46.2 Å². The van der Waals surface area contributed by atoms with Crippen LogP contribution in [-0.4, -0.2) is 36.2 Å². The van der Waals surface area contributed by atoms with Gasteiger partial charge in [0.05, 0.1) is 5.39 Å². The Morgan fingerprint density at radius 1 is 1.44 bits per heavy atom. The molecule has 3 N–H and O–H groups in total. The van der Waals surface area contributed by atoms with Gasteiger partial charge < -0.3 is 15.4 Å². The number of aromatic amines is 1. The number of carbonyl (C=O) groups is 1. The third-order valence-electron chi connectivity index (χ3n) is 4.28. The van der Waals surface area contributed by atoms with Crippen LogP contribution in [0.5, 0.6) is 5.88 Å². The summed E-state index contributed by atoms with van der Waals surface area (Å²) in [5, 5.41) is 18.6. The fourth-order valence-electron chi connectivity index (χ4n) is 3.03. The zero-order valence-corrected chi connectivity index (χ0v) is 14.5. The Labute approximate surface area is 143 Å². The van der Waals surface area contributed by atoms with Crippen LogP contribution >= 0.6 is 0 Å². The van der Waals surface area contributed by atoms with Gasteiger partial charge in [0, 0.05) is 18.8 Å². The number of hydrogen-bond acceptors (Lipinski definition) is 4. The van der Waals surface area contributed by atoms with Gasteiger partial charge in [-0.1, -0.05) is 20.8 Å². The highest BCUT2D eigenvalue weighted by Gasteiger charge is 2.30. The molecule has 0 radical (unpaired) electrons. The Morgan fingerprint density at radius 2 is 2.16 bits per heavy atom. The van der Waals surface area contributed by atoms with Crippen molar-refractivity contribution in [2.24, 2.45) is 5.41 Å². The minimum absolute atomic E-state index is 0.0882. The number of aromatic hydroxyl groups is 1. The van der Waals surface area contributed by atoms with E-state index in [9.17, 15) is 14.7 Å². The highest BCUT2D eigenvalue weighted by molar-refractivity contribution is 5.98. The second-order valence-corrected chi connectivity index (χ2v) is 7.87. The zero-order chi connectivity index (χ0) is 17.9. The van der Waals surface area contributed by atoms with Crippen LogP contribution in [0, 0.1) is 5.41 Å². The predicted octanol–water partition coefficient (Wildman–Crippen LogP) is 1.62. The lowest BCUT2D eigenvalue weighted by atomic mass is 9.96. The molecular formula is C17H21N5O3. The van der Waals surface area contributed by atoms with Crippen LogP contribution < -0.4 is 10.9 Å². The van der Waals surface area contributed by atoms with E-state index in [0.717, 1.165) is 18.2 Å². The van der Waals surface area contributed by atoms with Gasteiger partial charge in [0.2, 0.25) is 5.88 Å². The molecule has 3 heterocycles. The topological polar surface area (TPSA) is 104 Å². The van der Waals surface area contributed by atoms with E-state index in [1.807, 2.05) is 20.8 Å². The Bertz CT molecular complexity index is 1050. The molecule has 0 aromatic carbocycles. The first-order valence-electron chi connectivity index (χ1n) is 8.39. The molecule has 3 aromatic rings. The van der Waals surface area contributed by atoms with Crippen molar-refractivity contribution < 1.29 is 9.90 Å². The molecule has 0 aliphatic heterocycles. The molecule has 25 heavy (non-hydrogen) atoms. The number of fused-ring (bicyclic) bond motifs is 3. The van der Waals surface area contributed by atoms with Crippen molar-refractivity contribution >= 4 is 22.6 Å². The van der Waals surface area contributed by atoms with E-state index in [1.54, 1.807) is 16.8 Å². The molecule has 3 aromatic heterocycles. The van der Waals surface area contributed by atoms with Crippen LogP contribution in [0.1, 0.15) is 44.0 Å². The number of hydrogen-bond donors (Lipinski definition) is 3. The van der Waals surface area contributed by atoms with Crippen molar-refractivity contribution in [1.82, 2.24) is 24.5 Å². The molecule has 1 fully saturated rings. The molecule has 0 saturated heterocycles. The smallest absolute Gasteiger partial charge is 0.291 e. The molecule has 0 atom stereocenters. The van der Waals surface area contributed by atoms with Crippen LogP contribution in [-0.2, 0) is 6.54 Å². The molecule has 1 aliphatic rings. The van der Waals surface area contributed by atoms with E-state index < -0.39 is 11.5 Å². The Hall–Kier alpha value is -2.77. The average molecular weight is 343 g/mol. The van der Waals surface area contributed by atoms with Crippen molar-refractivity contribution in [3.63, 3.8) is 0 Å². The van der Waals surface area contributed by atoms with Gasteiger partial charge in [0.25, 0.3) is 11.5 Å².